The summed E-state index contributed by atoms with van der Waals surface area (Å²) in [6.07, 6.45) is 5.43. The van der Waals surface area contributed by atoms with E-state index in [1.54, 1.807) is 13.1 Å². The number of nitrogens with zero attached hydrogens (tertiary/aromatic N) is 1. The monoisotopic (exact) mass is 268 g/mol. The van der Waals surface area contributed by atoms with Gasteiger partial charge in [0.1, 0.15) is 0 Å². The molecule has 1 saturated carbocycles. The Labute approximate surface area is 111 Å². The molecule has 6 heteroatoms. The maximum Gasteiger partial charge on any atom is 0.328 e. The molecule has 2 rings (SSSR count). The highest BCUT2D eigenvalue weighted by molar-refractivity contribution is 5.02. The summed E-state index contributed by atoms with van der Waals surface area (Å²) in [6.45, 7) is 2.34. The second-order valence-electron chi connectivity index (χ2n) is 5.16. The number of aryl methyl sites for hydroxylation is 1. The largest absolute Gasteiger partial charge is 0.394 e. The summed E-state index contributed by atoms with van der Waals surface area (Å²) < 4.78 is 7.27. The molecule has 0 radical (unpaired) electrons. The van der Waals surface area contributed by atoms with Crippen LogP contribution in [0.3, 0.4) is 0 Å². The van der Waals surface area contributed by atoms with Crippen molar-refractivity contribution in [2.45, 2.75) is 44.8 Å². The molecule has 1 fully saturated rings. The maximum absolute atomic E-state index is 11.8. The van der Waals surface area contributed by atoms with E-state index in [0.717, 1.165) is 25.7 Å². The number of hydrogen-bond donors (Lipinski definition) is 2. The van der Waals surface area contributed by atoms with Gasteiger partial charge in [0.15, 0.2) is 0 Å². The molecule has 0 aromatic carbocycles. The van der Waals surface area contributed by atoms with Gasteiger partial charge in [-0.2, -0.15) is 0 Å². The van der Waals surface area contributed by atoms with E-state index in [-0.39, 0.29) is 18.8 Å². The molecule has 0 atom stereocenters. The van der Waals surface area contributed by atoms with Crippen LogP contribution in [-0.2, 0) is 11.3 Å². The van der Waals surface area contributed by atoms with E-state index in [1.807, 2.05) is 0 Å². The average molecular weight is 268 g/mol. The molecule has 0 saturated heterocycles. The highest BCUT2D eigenvalue weighted by Crippen LogP contribution is 2.34. The van der Waals surface area contributed by atoms with E-state index >= 15 is 0 Å². The van der Waals surface area contributed by atoms with E-state index in [2.05, 4.69) is 4.98 Å². The first-order chi connectivity index (χ1) is 9.06. The molecule has 0 aliphatic heterocycles. The zero-order valence-electron chi connectivity index (χ0n) is 11.1. The third kappa shape index (κ3) is 3.13. The number of hydrogen-bond acceptors (Lipinski definition) is 4. The van der Waals surface area contributed by atoms with E-state index in [4.69, 9.17) is 9.84 Å². The van der Waals surface area contributed by atoms with Gasteiger partial charge < -0.3 is 9.84 Å². The van der Waals surface area contributed by atoms with Crippen LogP contribution in [0.25, 0.3) is 0 Å². The van der Waals surface area contributed by atoms with Crippen molar-refractivity contribution in [1.29, 1.82) is 0 Å². The van der Waals surface area contributed by atoms with Crippen molar-refractivity contribution in [3.05, 3.63) is 32.6 Å². The smallest absolute Gasteiger partial charge is 0.328 e. The van der Waals surface area contributed by atoms with E-state index in [9.17, 15) is 9.59 Å². The Hall–Kier alpha value is -1.40. The molecule has 0 spiro atoms. The average Bonchev–Trinajstić information content (AvgIpc) is 2.83. The fraction of sp³-hybridized carbons (Fsp3) is 0.692. The Kier molecular flexibility index (Phi) is 4.21. The normalized spacial score (nSPS) is 17.8. The lowest BCUT2D eigenvalue weighted by atomic mass is 10.0. The van der Waals surface area contributed by atoms with Crippen molar-refractivity contribution in [1.82, 2.24) is 9.55 Å². The molecule has 19 heavy (non-hydrogen) atoms. The highest BCUT2D eigenvalue weighted by Gasteiger charge is 2.35. The molecular weight excluding hydrogens is 248 g/mol. The molecule has 106 valence electrons. The van der Waals surface area contributed by atoms with Gasteiger partial charge in [-0.3, -0.25) is 14.3 Å². The van der Waals surface area contributed by atoms with Crippen LogP contribution < -0.4 is 11.2 Å². The van der Waals surface area contributed by atoms with Gasteiger partial charge in [0, 0.05) is 11.8 Å². The number of aromatic nitrogens is 2. The molecule has 1 heterocycles. The zero-order valence-corrected chi connectivity index (χ0v) is 11.1. The van der Waals surface area contributed by atoms with Crippen molar-refractivity contribution in [2.24, 2.45) is 0 Å². The molecule has 1 aromatic rings. The maximum atomic E-state index is 11.8. The van der Waals surface area contributed by atoms with Crippen LogP contribution in [0.1, 0.15) is 31.2 Å². The predicted octanol–water partition coefficient (Wildman–Crippen LogP) is 0.167. The van der Waals surface area contributed by atoms with Gasteiger partial charge in [-0.15, -0.1) is 0 Å². The summed E-state index contributed by atoms with van der Waals surface area (Å²) in [5.41, 5.74) is -0.639. The second-order valence-corrected chi connectivity index (χ2v) is 5.16. The lowest BCUT2D eigenvalue weighted by Gasteiger charge is -2.29. The van der Waals surface area contributed by atoms with Crippen LogP contribution in [-0.4, -0.2) is 33.5 Å². The lowest BCUT2D eigenvalue weighted by Crippen LogP contribution is -2.41. The summed E-state index contributed by atoms with van der Waals surface area (Å²) in [5, 5.41) is 8.90. The molecular formula is C13H20N2O4. The molecule has 0 amide bonds. The third-order valence-electron chi connectivity index (χ3n) is 3.66. The van der Waals surface area contributed by atoms with Gasteiger partial charge in [0.2, 0.25) is 0 Å². The first-order valence-electron chi connectivity index (χ1n) is 6.61. The predicted molar refractivity (Wildman–Crippen MR) is 70.3 cm³/mol. The van der Waals surface area contributed by atoms with Crippen molar-refractivity contribution in [3.63, 3.8) is 0 Å². The second kappa shape index (κ2) is 5.71. The minimum atomic E-state index is -0.408. The Morgan fingerprint density at radius 3 is 2.74 bits per heavy atom. The number of aromatic amines is 1. The lowest BCUT2D eigenvalue weighted by molar-refractivity contribution is -0.0650. The van der Waals surface area contributed by atoms with E-state index in [0.29, 0.717) is 12.1 Å². The SMILES string of the molecule is Cc1cn(CC2(OCCO)CCCC2)c(=O)[nH]c1=O. The van der Waals surface area contributed by atoms with Crippen LogP contribution in [0.4, 0.5) is 0 Å². The number of ether oxygens (including phenoxy) is 1. The van der Waals surface area contributed by atoms with Crippen LogP contribution in [0.5, 0.6) is 0 Å². The summed E-state index contributed by atoms with van der Waals surface area (Å²) >= 11 is 0. The summed E-state index contributed by atoms with van der Waals surface area (Å²) in [7, 11) is 0. The minimum absolute atomic E-state index is 0.0265. The van der Waals surface area contributed by atoms with Gasteiger partial charge in [-0.05, 0) is 19.8 Å². The number of aliphatic hydroxyl groups excluding tert-OH is 1. The zero-order chi connectivity index (χ0) is 13.9. The topological polar surface area (TPSA) is 84.3 Å². The number of H-pyrrole nitrogens is 1. The van der Waals surface area contributed by atoms with Crippen molar-refractivity contribution >= 4 is 0 Å². The highest BCUT2D eigenvalue weighted by atomic mass is 16.5. The Balaban J connectivity index is 2.24. The van der Waals surface area contributed by atoms with Gasteiger partial charge in [0.25, 0.3) is 5.56 Å². The van der Waals surface area contributed by atoms with Crippen molar-refractivity contribution in [2.75, 3.05) is 13.2 Å². The first-order valence-corrected chi connectivity index (χ1v) is 6.61. The van der Waals surface area contributed by atoms with Crippen LogP contribution >= 0.6 is 0 Å². The van der Waals surface area contributed by atoms with E-state index < -0.39 is 11.3 Å². The molecule has 1 aromatic heterocycles. The molecule has 0 bridgehead atoms. The Bertz CT molecular complexity index is 540. The molecule has 6 nitrogen and oxygen atoms in total. The Morgan fingerprint density at radius 2 is 2.11 bits per heavy atom. The molecule has 1 aliphatic carbocycles. The summed E-state index contributed by atoms with van der Waals surface area (Å²) in [6, 6.07) is 0. The number of nitrogens with one attached hydrogen (secondary N) is 1. The number of aliphatic hydroxyl groups is 1. The molecule has 1 aliphatic rings. The molecule has 0 unspecified atom stereocenters. The van der Waals surface area contributed by atoms with Crippen LogP contribution in [0, 0.1) is 6.92 Å². The van der Waals surface area contributed by atoms with Crippen molar-refractivity contribution < 1.29 is 9.84 Å². The summed E-state index contributed by atoms with van der Waals surface area (Å²) in [4.78, 5) is 25.4. The minimum Gasteiger partial charge on any atom is -0.394 e. The quantitative estimate of drug-likeness (QED) is 0.797. The first kappa shape index (κ1) is 14.0. The fourth-order valence-corrected chi connectivity index (χ4v) is 2.68. The summed E-state index contributed by atoms with van der Waals surface area (Å²) in [5.74, 6) is 0. The standard InChI is InChI=1S/C13H20N2O4/c1-10-8-15(12(18)14-11(10)17)9-13(19-7-6-16)4-2-3-5-13/h8,16H,2-7,9H2,1H3,(H,14,17,18). The number of rotatable bonds is 5. The van der Waals surface area contributed by atoms with Gasteiger partial charge in [0.05, 0.1) is 25.4 Å². The van der Waals surface area contributed by atoms with Crippen LogP contribution in [0.2, 0.25) is 0 Å². The molecule has 2 N–H and O–H groups in total. The van der Waals surface area contributed by atoms with Gasteiger partial charge in [-0.1, -0.05) is 12.8 Å². The third-order valence-corrected chi connectivity index (χ3v) is 3.66. The van der Waals surface area contributed by atoms with E-state index in [1.165, 1.54) is 4.57 Å². The Morgan fingerprint density at radius 1 is 1.42 bits per heavy atom. The van der Waals surface area contributed by atoms with Crippen LogP contribution in [0.15, 0.2) is 15.8 Å². The van der Waals surface area contributed by atoms with Crippen molar-refractivity contribution in [3.8, 4) is 0 Å². The van der Waals surface area contributed by atoms with Gasteiger partial charge >= 0.3 is 5.69 Å². The van der Waals surface area contributed by atoms with Gasteiger partial charge in [-0.25, -0.2) is 4.79 Å². The fourth-order valence-electron chi connectivity index (χ4n) is 2.68.